The maximum absolute atomic E-state index is 3.89. The fourth-order valence-corrected chi connectivity index (χ4v) is 4.56. The summed E-state index contributed by atoms with van der Waals surface area (Å²) in [6.07, 6.45) is 9.83. The molecule has 0 aromatic heterocycles. The van der Waals surface area contributed by atoms with Crippen LogP contribution in [0, 0.1) is 5.92 Å². The van der Waals surface area contributed by atoms with E-state index in [2.05, 4.69) is 52.4 Å². The van der Waals surface area contributed by atoms with Crippen molar-refractivity contribution in [2.24, 2.45) is 5.92 Å². The molecule has 1 aromatic rings. The van der Waals surface area contributed by atoms with Crippen molar-refractivity contribution in [2.45, 2.75) is 69.9 Å². The van der Waals surface area contributed by atoms with Crippen molar-refractivity contribution in [2.75, 3.05) is 0 Å². The highest BCUT2D eigenvalue weighted by Gasteiger charge is 2.33. The van der Waals surface area contributed by atoms with Gasteiger partial charge in [-0.25, -0.2) is 0 Å². The molecular formula is C18H26BrN. The largest absolute Gasteiger partial charge is 0.311 e. The third-order valence-electron chi connectivity index (χ3n) is 5.34. The number of benzene rings is 1. The van der Waals surface area contributed by atoms with Gasteiger partial charge < -0.3 is 5.32 Å². The highest BCUT2D eigenvalue weighted by atomic mass is 79.9. The average molecular weight is 336 g/mol. The third-order valence-corrected chi connectivity index (χ3v) is 6.06. The molecule has 0 heterocycles. The number of nitrogens with one attached hydrogen (secondary N) is 1. The average Bonchev–Trinajstić information content (AvgIpc) is 2.44. The van der Waals surface area contributed by atoms with Crippen LogP contribution >= 0.6 is 15.9 Å². The lowest BCUT2D eigenvalue weighted by Gasteiger charge is -2.40. The molecule has 0 radical (unpaired) electrons. The van der Waals surface area contributed by atoms with Crippen LogP contribution in [0.1, 0.15) is 63.4 Å². The summed E-state index contributed by atoms with van der Waals surface area (Å²) in [4.78, 5) is 0. The standard InChI is InChI=1S/C18H26BrN/c1-13(14-7-3-2-4-8-14)20-16-11-15(12-16)17-9-5-6-10-18(17)19/h5-6,9-10,13-16,20H,2-4,7-8,11-12H2,1H3/t13-,15?,16?/m0/s1. The Morgan fingerprint density at radius 3 is 2.50 bits per heavy atom. The highest BCUT2D eigenvalue weighted by molar-refractivity contribution is 9.10. The van der Waals surface area contributed by atoms with E-state index < -0.39 is 0 Å². The summed E-state index contributed by atoms with van der Waals surface area (Å²) in [5.41, 5.74) is 1.50. The van der Waals surface area contributed by atoms with E-state index in [1.807, 2.05) is 0 Å². The van der Waals surface area contributed by atoms with Crippen LogP contribution in [0.15, 0.2) is 28.7 Å². The lowest BCUT2D eigenvalue weighted by Crippen LogP contribution is -2.47. The van der Waals surface area contributed by atoms with E-state index in [4.69, 9.17) is 0 Å². The molecule has 2 aliphatic rings. The van der Waals surface area contributed by atoms with Crippen molar-refractivity contribution in [1.29, 1.82) is 0 Å². The first kappa shape index (κ1) is 14.6. The molecule has 1 N–H and O–H groups in total. The maximum Gasteiger partial charge on any atom is 0.0210 e. The molecule has 0 amide bonds. The van der Waals surface area contributed by atoms with Gasteiger partial charge in [0, 0.05) is 16.6 Å². The monoisotopic (exact) mass is 335 g/mol. The molecule has 1 nitrogen and oxygen atoms in total. The molecule has 0 aliphatic heterocycles. The van der Waals surface area contributed by atoms with E-state index in [1.165, 1.54) is 55.0 Å². The SMILES string of the molecule is C[C@H](NC1CC(c2ccccc2Br)C1)C1CCCCC1. The van der Waals surface area contributed by atoms with E-state index in [1.54, 1.807) is 0 Å². The summed E-state index contributed by atoms with van der Waals surface area (Å²) in [5, 5.41) is 3.89. The number of rotatable bonds is 4. The normalized spacial score (nSPS) is 28.9. The van der Waals surface area contributed by atoms with Crippen molar-refractivity contribution >= 4 is 15.9 Å². The zero-order chi connectivity index (χ0) is 13.9. The Balaban J connectivity index is 1.47. The van der Waals surface area contributed by atoms with Crippen molar-refractivity contribution in [3.05, 3.63) is 34.3 Å². The molecule has 110 valence electrons. The first-order valence-electron chi connectivity index (χ1n) is 8.24. The molecule has 0 spiro atoms. The lowest BCUT2D eigenvalue weighted by molar-refractivity contribution is 0.210. The Morgan fingerprint density at radius 1 is 1.10 bits per heavy atom. The van der Waals surface area contributed by atoms with Gasteiger partial charge >= 0.3 is 0 Å². The van der Waals surface area contributed by atoms with Crippen molar-refractivity contribution in [1.82, 2.24) is 5.32 Å². The Bertz CT molecular complexity index is 433. The fraction of sp³-hybridized carbons (Fsp3) is 0.667. The number of halogens is 1. The topological polar surface area (TPSA) is 12.0 Å². The van der Waals surface area contributed by atoms with Gasteiger partial charge in [-0.1, -0.05) is 53.4 Å². The van der Waals surface area contributed by atoms with Gasteiger partial charge in [-0.05, 0) is 56.1 Å². The summed E-state index contributed by atoms with van der Waals surface area (Å²) >= 11 is 3.68. The first-order chi connectivity index (χ1) is 9.74. The van der Waals surface area contributed by atoms with Gasteiger partial charge in [0.25, 0.3) is 0 Å². The summed E-state index contributed by atoms with van der Waals surface area (Å²) in [7, 11) is 0. The van der Waals surface area contributed by atoms with Crippen LogP contribution in [0.25, 0.3) is 0 Å². The van der Waals surface area contributed by atoms with Crippen LogP contribution in [-0.4, -0.2) is 12.1 Å². The predicted molar refractivity (Wildman–Crippen MR) is 89.1 cm³/mol. The molecule has 1 aromatic carbocycles. The number of hydrogen-bond donors (Lipinski definition) is 1. The van der Waals surface area contributed by atoms with Crippen LogP contribution in [0.2, 0.25) is 0 Å². The second-order valence-electron chi connectivity index (χ2n) is 6.74. The Kier molecular flexibility index (Phi) is 4.83. The molecule has 20 heavy (non-hydrogen) atoms. The summed E-state index contributed by atoms with van der Waals surface area (Å²) in [6, 6.07) is 10.2. The molecule has 0 saturated heterocycles. The second kappa shape index (κ2) is 6.62. The van der Waals surface area contributed by atoms with Gasteiger partial charge in [-0.15, -0.1) is 0 Å². The molecular weight excluding hydrogens is 310 g/mol. The maximum atomic E-state index is 3.89. The Morgan fingerprint density at radius 2 is 1.80 bits per heavy atom. The van der Waals surface area contributed by atoms with E-state index in [9.17, 15) is 0 Å². The van der Waals surface area contributed by atoms with Gasteiger partial charge in [0.15, 0.2) is 0 Å². The van der Waals surface area contributed by atoms with Gasteiger partial charge in [0.2, 0.25) is 0 Å². The Labute approximate surface area is 131 Å². The van der Waals surface area contributed by atoms with Crippen molar-refractivity contribution in [3.8, 4) is 0 Å². The first-order valence-corrected chi connectivity index (χ1v) is 9.04. The molecule has 0 bridgehead atoms. The molecule has 2 aliphatic carbocycles. The van der Waals surface area contributed by atoms with E-state index >= 15 is 0 Å². The lowest BCUT2D eigenvalue weighted by atomic mass is 9.75. The summed E-state index contributed by atoms with van der Waals surface area (Å²) < 4.78 is 1.28. The Hall–Kier alpha value is -0.340. The molecule has 2 fully saturated rings. The zero-order valence-electron chi connectivity index (χ0n) is 12.4. The summed E-state index contributed by atoms with van der Waals surface area (Å²) in [6.45, 7) is 2.40. The zero-order valence-corrected chi connectivity index (χ0v) is 14.0. The fourth-order valence-electron chi connectivity index (χ4n) is 3.96. The van der Waals surface area contributed by atoms with Gasteiger partial charge in [0.1, 0.15) is 0 Å². The second-order valence-corrected chi connectivity index (χ2v) is 7.59. The van der Waals surface area contributed by atoms with Gasteiger partial charge in [0.05, 0.1) is 0 Å². The van der Waals surface area contributed by atoms with Crippen molar-refractivity contribution in [3.63, 3.8) is 0 Å². The van der Waals surface area contributed by atoms with E-state index in [0.717, 1.165) is 17.9 Å². The minimum atomic E-state index is 0.709. The van der Waals surface area contributed by atoms with E-state index in [-0.39, 0.29) is 0 Å². The molecule has 0 unspecified atom stereocenters. The van der Waals surface area contributed by atoms with Crippen LogP contribution in [0.3, 0.4) is 0 Å². The predicted octanol–water partition coefficient (Wildman–Crippen LogP) is 5.25. The van der Waals surface area contributed by atoms with Gasteiger partial charge in [-0.2, -0.15) is 0 Å². The van der Waals surface area contributed by atoms with Crippen LogP contribution in [0.4, 0.5) is 0 Å². The smallest absolute Gasteiger partial charge is 0.0210 e. The van der Waals surface area contributed by atoms with Gasteiger partial charge in [-0.3, -0.25) is 0 Å². The minimum absolute atomic E-state index is 0.709. The minimum Gasteiger partial charge on any atom is -0.311 e. The van der Waals surface area contributed by atoms with Crippen molar-refractivity contribution < 1.29 is 0 Å². The number of hydrogen-bond acceptors (Lipinski definition) is 1. The molecule has 2 saturated carbocycles. The summed E-state index contributed by atoms with van der Waals surface area (Å²) in [5.74, 6) is 1.67. The van der Waals surface area contributed by atoms with Crippen LogP contribution in [-0.2, 0) is 0 Å². The molecule has 3 rings (SSSR count). The van der Waals surface area contributed by atoms with Crippen LogP contribution in [0.5, 0.6) is 0 Å². The van der Waals surface area contributed by atoms with E-state index in [0.29, 0.717) is 6.04 Å². The highest BCUT2D eigenvalue weighted by Crippen LogP contribution is 2.40. The molecule has 1 atom stereocenters. The van der Waals surface area contributed by atoms with Crippen LogP contribution < -0.4 is 5.32 Å². The molecule has 2 heteroatoms. The quantitative estimate of drug-likeness (QED) is 0.791. The third kappa shape index (κ3) is 3.28.